The van der Waals surface area contributed by atoms with E-state index in [4.69, 9.17) is 4.74 Å². The van der Waals surface area contributed by atoms with Crippen molar-refractivity contribution in [1.29, 1.82) is 0 Å². The van der Waals surface area contributed by atoms with Crippen molar-refractivity contribution in [1.82, 2.24) is 20.2 Å². The van der Waals surface area contributed by atoms with Gasteiger partial charge in [-0.2, -0.15) is 5.10 Å². The second-order valence-corrected chi connectivity index (χ2v) is 6.97. The molecule has 0 fully saturated rings. The molecule has 0 bridgehead atoms. The van der Waals surface area contributed by atoms with E-state index in [1.54, 1.807) is 60.3 Å². The summed E-state index contributed by atoms with van der Waals surface area (Å²) in [4.78, 5) is 23.1. The Kier molecular flexibility index (Phi) is 4.63. The van der Waals surface area contributed by atoms with Crippen molar-refractivity contribution in [2.24, 2.45) is 0 Å². The van der Waals surface area contributed by atoms with E-state index >= 15 is 0 Å². The summed E-state index contributed by atoms with van der Waals surface area (Å²) in [6.45, 7) is 2.04. The molecule has 1 amide bonds. The molecule has 4 heterocycles. The number of aromatic amines is 1. The smallest absolute Gasteiger partial charge is 0.262 e. The molecule has 0 saturated carbocycles. The van der Waals surface area contributed by atoms with E-state index < -0.39 is 0 Å². The minimum absolute atomic E-state index is 0.202. The summed E-state index contributed by atoms with van der Waals surface area (Å²) in [6, 6.07) is 12.7. The number of aromatic nitrogens is 4. The number of ether oxygens (including phenoxy) is 1. The van der Waals surface area contributed by atoms with Gasteiger partial charge in [0.2, 0.25) is 5.88 Å². The molecule has 8 heteroatoms. The van der Waals surface area contributed by atoms with Crippen LogP contribution in [0.2, 0.25) is 0 Å². The summed E-state index contributed by atoms with van der Waals surface area (Å²) in [5.74, 6) is 0.771. The Bertz CT molecular complexity index is 1070. The lowest BCUT2D eigenvalue weighted by atomic mass is 10.2. The van der Waals surface area contributed by atoms with E-state index in [9.17, 15) is 4.79 Å². The number of hydrogen-bond donors (Lipinski definition) is 2. The molecule has 134 valence electrons. The van der Waals surface area contributed by atoms with Crippen LogP contribution in [-0.2, 0) is 0 Å². The summed E-state index contributed by atoms with van der Waals surface area (Å²) in [7, 11) is 0. The third-order valence-corrected chi connectivity index (χ3v) is 4.72. The Labute approximate surface area is 159 Å². The van der Waals surface area contributed by atoms with Gasteiger partial charge >= 0.3 is 0 Å². The number of aryl methyl sites for hydroxylation is 1. The van der Waals surface area contributed by atoms with E-state index in [1.807, 2.05) is 19.1 Å². The highest BCUT2D eigenvalue weighted by Gasteiger charge is 2.16. The Morgan fingerprint density at radius 3 is 2.85 bits per heavy atom. The lowest BCUT2D eigenvalue weighted by Crippen LogP contribution is -2.13. The minimum atomic E-state index is -0.359. The second-order valence-electron chi connectivity index (χ2n) is 5.68. The molecule has 0 aliphatic heterocycles. The molecule has 0 unspecified atom stereocenters. The predicted octanol–water partition coefficient (Wildman–Crippen LogP) is 4.28. The molecule has 0 aliphatic carbocycles. The van der Waals surface area contributed by atoms with Gasteiger partial charge in [0.15, 0.2) is 5.82 Å². The SMILES string of the molecule is Cc1ccc(-c2cc(NC(=O)c3cccnc3Oc3cccnc3)n[nH]2)s1. The predicted molar refractivity (Wildman–Crippen MR) is 103 cm³/mol. The standard InChI is InChI=1S/C19H15N5O2S/c1-12-6-7-16(27-12)15-10-17(24-23-15)22-18(25)14-5-3-9-21-19(14)26-13-4-2-8-20-11-13/h2-11H,1H3,(H2,22,23,24,25). The number of amides is 1. The van der Waals surface area contributed by atoms with Crippen LogP contribution in [0.3, 0.4) is 0 Å². The lowest BCUT2D eigenvalue weighted by molar-refractivity contribution is 0.102. The first-order valence-corrected chi connectivity index (χ1v) is 8.97. The summed E-state index contributed by atoms with van der Waals surface area (Å²) in [6.07, 6.45) is 4.76. The van der Waals surface area contributed by atoms with Crippen LogP contribution < -0.4 is 10.1 Å². The van der Waals surface area contributed by atoms with Crippen LogP contribution in [0.1, 0.15) is 15.2 Å². The first-order valence-electron chi connectivity index (χ1n) is 8.15. The van der Waals surface area contributed by atoms with Gasteiger partial charge in [0, 0.05) is 23.3 Å². The Morgan fingerprint density at radius 2 is 2.07 bits per heavy atom. The van der Waals surface area contributed by atoms with Crippen molar-refractivity contribution >= 4 is 23.1 Å². The molecule has 27 heavy (non-hydrogen) atoms. The fourth-order valence-electron chi connectivity index (χ4n) is 2.44. The first-order chi connectivity index (χ1) is 13.2. The fourth-order valence-corrected chi connectivity index (χ4v) is 3.27. The Balaban J connectivity index is 1.53. The van der Waals surface area contributed by atoms with E-state index in [0.29, 0.717) is 17.1 Å². The number of rotatable bonds is 5. The third kappa shape index (κ3) is 3.85. The van der Waals surface area contributed by atoms with Gasteiger partial charge in [-0.1, -0.05) is 0 Å². The molecule has 0 aromatic carbocycles. The summed E-state index contributed by atoms with van der Waals surface area (Å²) < 4.78 is 5.68. The number of anilines is 1. The quantitative estimate of drug-likeness (QED) is 0.541. The minimum Gasteiger partial charge on any atom is -0.437 e. The zero-order valence-corrected chi connectivity index (χ0v) is 15.2. The Morgan fingerprint density at radius 1 is 1.19 bits per heavy atom. The molecule has 0 radical (unpaired) electrons. The van der Waals surface area contributed by atoms with Gasteiger partial charge in [-0.3, -0.25) is 14.9 Å². The van der Waals surface area contributed by atoms with Crippen molar-refractivity contribution in [3.63, 3.8) is 0 Å². The molecule has 4 aromatic rings. The number of thiophene rings is 1. The molecular weight excluding hydrogens is 362 g/mol. The molecule has 0 atom stereocenters. The van der Waals surface area contributed by atoms with Crippen LogP contribution in [0.5, 0.6) is 11.6 Å². The normalized spacial score (nSPS) is 10.6. The third-order valence-electron chi connectivity index (χ3n) is 3.69. The number of H-pyrrole nitrogens is 1. The Hall–Kier alpha value is -3.52. The number of hydrogen-bond acceptors (Lipinski definition) is 6. The molecule has 0 saturated heterocycles. The molecule has 4 rings (SSSR count). The molecule has 2 N–H and O–H groups in total. The van der Waals surface area contributed by atoms with Gasteiger partial charge in [0.05, 0.1) is 16.8 Å². The average Bonchev–Trinajstić information content (AvgIpc) is 3.32. The van der Waals surface area contributed by atoms with Crippen LogP contribution >= 0.6 is 11.3 Å². The van der Waals surface area contributed by atoms with E-state index in [2.05, 4.69) is 25.5 Å². The van der Waals surface area contributed by atoms with Crippen molar-refractivity contribution in [2.75, 3.05) is 5.32 Å². The molecule has 0 spiro atoms. The maximum absolute atomic E-state index is 12.7. The van der Waals surface area contributed by atoms with E-state index in [-0.39, 0.29) is 11.8 Å². The second kappa shape index (κ2) is 7.38. The maximum Gasteiger partial charge on any atom is 0.262 e. The highest BCUT2D eigenvalue weighted by atomic mass is 32.1. The van der Waals surface area contributed by atoms with Gasteiger partial charge in [-0.25, -0.2) is 4.98 Å². The van der Waals surface area contributed by atoms with Gasteiger partial charge in [-0.05, 0) is 43.3 Å². The van der Waals surface area contributed by atoms with Crippen LogP contribution in [0.25, 0.3) is 10.6 Å². The highest BCUT2D eigenvalue weighted by Crippen LogP contribution is 2.28. The van der Waals surface area contributed by atoms with Gasteiger partial charge in [-0.15, -0.1) is 11.3 Å². The molecule has 0 aliphatic rings. The van der Waals surface area contributed by atoms with Crippen molar-refractivity contribution in [3.8, 4) is 22.2 Å². The van der Waals surface area contributed by atoms with Crippen molar-refractivity contribution in [3.05, 3.63) is 71.5 Å². The van der Waals surface area contributed by atoms with Crippen molar-refractivity contribution < 1.29 is 9.53 Å². The van der Waals surface area contributed by atoms with E-state index in [0.717, 1.165) is 10.6 Å². The van der Waals surface area contributed by atoms with Crippen LogP contribution in [0.15, 0.2) is 61.1 Å². The first kappa shape index (κ1) is 16.9. The zero-order valence-electron chi connectivity index (χ0n) is 14.3. The fraction of sp³-hybridized carbons (Fsp3) is 0.0526. The monoisotopic (exact) mass is 377 g/mol. The number of nitrogens with zero attached hydrogens (tertiary/aromatic N) is 3. The van der Waals surface area contributed by atoms with Crippen LogP contribution in [-0.4, -0.2) is 26.1 Å². The highest BCUT2D eigenvalue weighted by molar-refractivity contribution is 7.15. The largest absolute Gasteiger partial charge is 0.437 e. The van der Waals surface area contributed by atoms with Gasteiger partial charge in [0.1, 0.15) is 11.3 Å². The number of nitrogens with one attached hydrogen (secondary N) is 2. The van der Waals surface area contributed by atoms with Gasteiger partial charge in [0.25, 0.3) is 5.91 Å². The van der Waals surface area contributed by atoms with Gasteiger partial charge < -0.3 is 10.1 Å². The lowest BCUT2D eigenvalue weighted by Gasteiger charge is -2.08. The van der Waals surface area contributed by atoms with Crippen LogP contribution in [0, 0.1) is 6.92 Å². The van der Waals surface area contributed by atoms with E-state index in [1.165, 1.54) is 4.88 Å². The maximum atomic E-state index is 12.7. The number of pyridine rings is 2. The van der Waals surface area contributed by atoms with Crippen molar-refractivity contribution in [2.45, 2.75) is 6.92 Å². The zero-order chi connectivity index (χ0) is 18.6. The molecule has 7 nitrogen and oxygen atoms in total. The average molecular weight is 377 g/mol. The molecular formula is C19H15N5O2S. The summed E-state index contributed by atoms with van der Waals surface area (Å²) in [5, 5.41) is 9.87. The topological polar surface area (TPSA) is 92.8 Å². The summed E-state index contributed by atoms with van der Waals surface area (Å²) >= 11 is 1.65. The number of carbonyl (C=O) groups excluding carboxylic acids is 1. The summed E-state index contributed by atoms with van der Waals surface area (Å²) in [5.41, 5.74) is 1.15. The van der Waals surface area contributed by atoms with Crippen LogP contribution in [0.4, 0.5) is 5.82 Å². The number of carbonyl (C=O) groups is 1. The molecule has 4 aromatic heterocycles.